The van der Waals surface area contributed by atoms with Gasteiger partial charge in [-0.2, -0.15) is 12.6 Å². The minimum absolute atomic E-state index is 0.140. The number of hydrogen-bond acceptors (Lipinski definition) is 3. The predicted molar refractivity (Wildman–Crippen MR) is 54.5 cm³/mol. The first-order valence-corrected chi connectivity index (χ1v) is 4.77. The van der Waals surface area contributed by atoms with Crippen molar-refractivity contribution in [3.05, 3.63) is 0 Å². The highest BCUT2D eigenvalue weighted by Gasteiger charge is 2.27. The van der Waals surface area contributed by atoms with E-state index in [1.54, 1.807) is 20.8 Å². The van der Waals surface area contributed by atoms with Gasteiger partial charge in [-0.05, 0) is 13.8 Å². The minimum Gasteiger partial charge on any atom is -0.345 e. The van der Waals surface area contributed by atoms with Gasteiger partial charge >= 0.3 is 0 Å². The normalized spacial score (nSPS) is 10.8. The van der Waals surface area contributed by atoms with Gasteiger partial charge in [0.2, 0.25) is 11.8 Å². The summed E-state index contributed by atoms with van der Waals surface area (Å²) in [6, 6.07) is 0. The van der Waals surface area contributed by atoms with Crippen LogP contribution in [0.5, 0.6) is 0 Å². The Morgan fingerprint density at radius 3 is 2.31 bits per heavy atom. The van der Waals surface area contributed by atoms with Gasteiger partial charge in [0, 0.05) is 6.42 Å². The second-order valence-electron chi connectivity index (χ2n) is 3.19. The van der Waals surface area contributed by atoms with Gasteiger partial charge in [0.1, 0.15) is 5.54 Å². The molecule has 0 heterocycles. The number of rotatable bonds is 4. The van der Waals surface area contributed by atoms with Crippen molar-refractivity contribution >= 4 is 24.4 Å². The number of amides is 2. The number of nitrogens with one attached hydrogen (secondary N) is 2. The first-order valence-electron chi connectivity index (χ1n) is 4.14. The van der Waals surface area contributed by atoms with E-state index in [0.717, 1.165) is 0 Å². The zero-order chi connectivity index (χ0) is 10.5. The zero-order valence-electron chi connectivity index (χ0n) is 8.18. The van der Waals surface area contributed by atoms with Gasteiger partial charge in [-0.25, -0.2) is 0 Å². The SMILES string of the molecule is CCC(=O)NC(C)(C)C(=O)NCS. The summed E-state index contributed by atoms with van der Waals surface area (Å²) < 4.78 is 0. The summed E-state index contributed by atoms with van der Waals surface area (Å²) in [7, 11) is 0. The van der Waals surface area contributed by atoms with Crippen LogP contribution in [0.15, 0.2) is 0 Å². The molecule has 13 heavy (non-hydrogen) atoms. The fourth-order valence-corrected chi connectivity index (χ4v) is 0.930. The quantitative estimate of drug-likeness (QED) is 0.455. The molecule has 0 bridgehead atoms. The van der Waals surface area contributed by atoms with Crippen molar-refractivity contribution in [2.24, 2.45) is 0 Å². The van der Waals surface area contributed by atoms with Crippen molar-refractivity contribution in [3.63, 3.8) is 0 Å². The van der Waals surface area contributed by atoms with Crippen molar-refractivity contribution in [3.8, 4) is 0 Å². The molecule has 0 fully saturated rings. The molecule has 0 aromatic carbocycles. The van der Waals surface area contributed by atoms with Crippen LogP contribution in [0, 0.1) is 0 Å². The molecule has 0 spiro atoms. The monoisotopic (exact) mass is 204 g/mol. The van der Waals surface area contributed by atoms with E-state index < -0.39 is 5.54 Å². The van der Waals surface area contributed by atoms with Gasteiger partial charge in [0.15, 0.2) is 0 Å². The van der Waals surface area contributed by atoms with Crippen molar-refractivity contribution in [1.29, 1.82) is 0 Å². The summed E-state index contributed by atoms with van der Waals surface area (Å²) in [5, 5.41) is 5.13. The van der Waals surface area contributed by atoms with Crippen LogP contribution in [0.2, 0.25) is 0 Å². The average molecular weight is 204 g/mol. The molecular formula is C8H16N2O2S. The van der Waals surface area contributed by atoms with Crippen molar-refractivity contribution < 1.29 is 9.59 Å². The molecule has 0 aromatic heterocycles. The highest BCUT2D eigenvalue weighted by atomic mass is 32.1. The third kappa shape index (κ3) is 4.17. The first-order chi connectivity index (χ1) is 5.94. The lowest BCUT2D eigenvalue weighted by Gasteiger charge is -2.24. The van der Waals surface area contributed by atoms with E-state index in [4.69, 9.17) is 0 Å². The number of carbonyl (C=O) groups excluding carboxylic acids is 2. The Morgan fingerprint density at radius 1 is 1.38 bits per heavy atom. The summed E-state index contributed by atoms with van der Waals surface area (Å²) in [5.74, 6) is -0.104. The minimum atomic E-state index is -0.865. The van der Waals surface area contributed by atoms with Crippen molar-refractivity contribution in [2.45, 2.75) is 32.7 Å². The van der Waals surface area contributed by atoms with E-state index >= 15 is 0 Å². The Bertz CT molecular complexity index is 204. The third-order valence-electron chi connectivity index (χ3n) is 1.58. The lowest BCUT2D eigenvalue weighted by atomic mass is 10.0. The summed E-state index contributed by atoms with van der Waals surface area (Å²) in [6.45, 7) is 5.04. The standard InChI is InChI=1S/C8H16N2O2S/c1-4-6(11)10-8(2,3)7(12)9-5-13/h13H,4-5H2,1-3H3,(H,9,12)(H,10,11). The van der Waals surface area contributed by atoms with Crippen LogP contribution in [-0.4, -0.2) is 23.2 Å². The second-order valence-corrected chi connectivity index (χ2v) is 3.51. The maximum Gasteiger partial charge on any atom is 0.245 e. The Kier molecular flexibility index (Phi) is 4.83. The highest BCUT2D eigenvalue weighted by Crippen LogP contribution is 2.02. The molecule has 2 amide bonds. The molecule has 0 rings (SSSR count). The van der Waals surface area contributed by atoms with Gasteiger partial charge in [0.25, 0.3) is 0 Å². The van der Waals surface area contributed by atoms with Crippen LogP contribution in [0.1, 0.15) is 27.2 Å². The lowest BCUT2D eigenvalue weighted by Crippen LogP contribution is -2.54. The van der Waals surface area contributed by atoms with E-state index in [1.165, 1.54) is 0 Å². The van der Waals surface area contributed by atoms with E-state index in [2.05, 4.69) is 23.3 Å². The molecule has 0 radical (unpaired) electrons. The first kappa shape index (κ1) is 12.3. The van der Waals surface area contributed by atoms with Crippen molar-refractivity contribution in [2.75, 3.05) is 5.88 Å². The van der Waals surface area contributed by atoms with Gasteiger partial charge in [-0.15, -0.1) is 0 Å². The average Bonchev–Trinajstić information content (AvgIpc) is 2.04. The van der Waals surface area contributed by atoms with Gasteiger partial charge in [-0.3, -0.25) is 9.59 Å². The zero-order valence-corrected chi connectivity index (χ0v) is 9.07. The fraction of sp³-hybridized carbons (Fsp3) is 0.750. The Hall–Kier alpha value is -0.710. The van der Waals surface area contributed by atoms with E-state index in [9.17, 15) is 9.59 Å². The van der Waals surface area contributed by atoms with Crippen LogP contribution in [-0.2, 0) is 9.59 Å². The van der Waals surface area contributed by atoms with Crippen LogP contribution in [0.4, 0.5) is 0 Å². The van der Waals surface area contributed by atoms with E-state index in [1.807, 2.05) is 0 Å². The topological polar surface area (TPSA) is 58.2 Å². The summed E-state index contributed by atoms with van der Waals surface area (Å²) >= 11 is 3.86. The van der Waals surface area contributed by atoms with Gasteiger partial charge in [0.05, 0.1) is 5.88 Å². The molecule has 2 N–H and O–H groups in total. The Balaban J connectivity index is 4.21. The molecular weight excluding hydrogens is 188 g/mol. The number of thiol groups is 1. The molecule has 0 aliphatic carbocycles. The Morgan fingerprint density at radius 2 is 1.92 bits per heavy atom. The molecule has 0 aliphatic rings. The highest BCUT2D eigenvalue weighted by molar-refractivity contribution is 7.80. The van der Waals surface area contributed by atoms with Gasteiger partial charge < -0.3 is 10.6 Å². The van der Waals surface area contributed by atoms with Crippen LogP contribution < -0.4 is 10.6 Å². The fourth-order valence-electron chi connectivity index (χ4n) is 0.786. The second kappa shape index (κ2) is 5.11. The molecule has 0 saturated heterocycles. The smallest absolute Gasteiger partial charge is 0.245 e. The molecule has 5 heteroatoms. The summed E-state index contributed by atoms with van der Waals surface area (Å²) in [6.07, 6.45) is 0.373. The Labute approximate surface area is 83.9 Å². The molecule has 0 unspecified atom stereocenters. The maximum atomic E-state index is 11.3. The van der Waals surface area contributed by atoms with Gasteiger partial charge in [-0.1, -0.05) is 6.92 Å². The lowest BCUT2D eigenvalue weighted by molar-refractivity contribution is -0.131. The van der Waals surface area contributed by atoms with Crippen molar-refractivity contribution in [1.82, 2.24) is 10.6 Å². The molecule has 0 saturated carbocycles. The molecule has 0 aliphatic heterocycles. The third-order valence-corrected chi connectivity index (χ3v) is 1.74. The van der Waals surface area contributed by atoms with E-state index in [-0.39, 0.29) is 17.7 Å². The van der Waals surface area contributed by atoms with Crippen LogP contribution in [0.25, 0.3) is 0 Å². The predicted octanol–water partition coefficient (Wildman–Crippen LogP) is 0.295. The summed E-state index contributed by atoms with van der Waals surface area (Å²) in [4.78, 5) is 22.4. The van der Waals surface area contributed by atoms with Crippen LogP contribution in [0.3, 0.4) is 0 Å². The van der Waals surface area contributed by atoms with Crippen LogP contribution >= 0.6 is 12.6 Å². The maximum absolute atomic E-state index is 11.3. The molecule has 0 atom stereocenters. The number of carbonyl (C=O) groups is 2. The largest absolute Gasteiger partial charge is 0.345 e. The summed E-state index contributed by atoms with van der Waals surface area (Å²) in [5.41, 5.74) is -0.865. The number of hydrogen-bond donors (Lipinski definition) is 3. The molecule has 4 nitrogen and oxygen atoms in total. The molecule has 76 valence electrons. The van der Waals surface area contributed by atoms with E-state index in [0.29, 0.717) is 6.42 Å². The molecule has 0 aromatic rings.